The molecule has 1 heterocycles. The largest absolute Gasteiger partial charge is 0.478 e. The Balaban J connectivity index is 0.000000354. The Kier molecular flexibility index (Phi) is 24.5. The third kappa shape index (κ3) is 19.7. The summed E-state index contributed by atoms with van der Waals surface area (Å²) in [4.78, 5) is 5.02. The summed E-state index contributed by atoms with van der Waals surface area (Å²) in [5.74, 6) is 0.932. The van der Waals surface area contributed by atoms with E-state index in [0.29, 0.717) is 6.61 Å². The molecule has 0 amide bonds. The van der Waals surface area contributed by atoms with Gasteiger partial charge < -0.3 is 4.74 Å². The molecule has 1 aliphatic carbocycles. The monoisotopic (exact) mass is 1560 g/mol. The molecule has 29 heteroatoms. The molecular weight excluding hydrogens is 1500 g/mol. The Morgan fingerprint density at radius 2 is 0.617 bits per heavy atom. The second-order valence-electron chi connectivity index (χ2n) is 24.0. The van der Waals surface area contributed by atoms with Gasteiger partial charge in [-0.25, -0.2) is 4.99 Å². The van der Waals surface area contributed by atoms with Crippen LogP contribution in [0, 0.1) is 50.4 Å². The van der Waals surface area contributed by atoms with Gasteiger partial charge in [0.05, 0.1) is 50.5 Å². The number of aryl methyl sites for hydroxylation is 2. The molecule has 0 saturated heterocycles. The molecule has 94 heavy (non-hydrogen) atoms. The second kappa shape index (κ2) is 29.1. The van der Waals surface area contributed by atoms with Crippen molar-refractivity contribution >= 4 is 52.4 Å². The number of rotatable bonds is 9. The van der Waals surface area contributed by atoms with E-state index in [4.69, 9.17) is 9.73 Å². The summed E-state index contributed by atoms with van der Waals surface area (Å²) < 4.78 is 347. The molecule has 1 fully saturated rings. The zero-order chi connectivity index (χ0) is 70.1. The van der Waals surface area contributed by atoms with Crippen molar-refractivity contribution in [2.24, 2.45) is 15.8 Å². The molecule has 8 rings (SSSR count). The first kappa shape index (κ1) is 78.9. The van der Waals surface area contributed by atoms with E-state index in [1.54, 1.807) is 0 Å². The average Bonchev–Trinajstić information content (AvgIpc) is 0.782. The van der Waals surface area contributed by atoms with Crippen molar-refractivity contribution < 1.29 is 130 Å². The molecule has 2 nitrogen and oxygen atoms in total. The fraction of sp³-hybridized carbons (Fsp3) is 0.369. The molecule has 6 aromatic carbocycles. The zero-order valence-corrected chi connectivity index (χ0v) is 53.8. The van der Waals surface area contributed by atoms with E-state index in [0.717, 1.165) is 12.1 Å². The number of halogens is 24. The van der Waals surface area contributed by atoms with Crippen LogP contribution in [-0.2, 0) is 74.3 Å². The summed E-state index contributed by atoms with van der Waals surface area (Å²) in [7, 11) is -0.500. The van der Waals surface area contributed by atoms with Crippen molar-refractivity contribution in [2.75, 3.05) is 12.8 Å². The Morgan fingerprint density at radius 1 is 0.383 bits per heavy atom. The predicted molar refractivity (Wildman–Crippen MR) is 310 cm³/mol. The summed E-state index contributed by atoms with van der Waals surface area (Å²) in [6.45, 7) is 16.5. The Labute approximate surface area is 541 Å². The fourth-order valence-corrected chi connectivity index (χ4v) is 13.7. The van der Waals surface area contributed by atoms with Gasteiger partial charge in [0.2, 0.25) is 0 Å². The SMILES string of the molecule is Cc1ccccc1P(CC(C)(C)C1=N[C@@H](C(C)(C)C)CO1)c1ccccc1C.FC(F)(F)c1cc([B-](c2cc(C(F)(F)F)cc(C(F)(F)F)c2)(c2cc(C(F)(F)F)cc(C(F)(F)F)c2)c2cc(C(F)(F)F)cc(C(F)(F)F)c2)cc(C(F)(F)F)c1.[CH]1[CH]CC[CH][CH]CC1.[Ir]. The van der Waals surface area contributed by atoms with Crippen LogP contribution in [-0.4, -0.2) is 30.9 Å². The quantitative estimate of drug-likeness (QED) is 0.0803. The van der Waals surface area contributed by atoms with E-state index in [2.05, 4.69) is 123 Å². The molecule has 0 unspecified atom stereocenters. The van der Waals surface area contributed by atoms with Gasteiger partial charge in [0, 0.05) is 25.5 Å². The van der Waals surface area contributed by atoms with Gasteiger partial charge in [-0.1, -0.05) is 132 Å². The molecule has 1 saturated carbocycles. The number of benzene rings is 6. The number of hydrogen-bond acceptors (Lipinski definition) is 2. The van der Waals surface area contributed by atoms with E-state index in [9.17, 15) is 105 Å². The molecule has 6 aromatic rings. The molecule has 515 valence electrons. The first-order valence-electron chi connectivity index (χ1n) is 28.1. The number of aliphatic imine (C=N–C) groups is 1. The van der Waals surface area contributed by atoms with E-state index in [1.165, 1.54) is 47.4 Å². The van der Waals surface area contributed by atoms with Crippen molar-refractivity contribution in [1.82, 2.24) is 0 Å². The van der Waals surface area contributed by atoms with Gasteiger partial charge in [-0.05, 0) is 131 Å². The molecule has 5 radical (unpaired) electrons. The van der Waals surface area contributed by atoms with Crippen LogP contribution in [0.25, 0.3) is 0 Å². The zero-order valence-electron chi connectivity index (χ0n) is 50.5. The summed E-state index contributed by atoms with van der Waals surface area (Å²) in [5.41, 5.74) is -27.4. The Morgan fingerprint density at radius 3 is 0.819 bits per heavy atom. The van der Waals surface area contributed by atoms with Crippen molar-refractivity contribution in [1.29, 1.82) is 0 Å². The van der Waals surface area contributed by atoms with Gasteiger partial charge in [0.25, 0.3) is 0 Å². The Bertz CT molecular complexity index is 3080. The maximum Gasteiger partial charge on any atom is 0.416 e. The fourth-order valence-electron chi connectivity index (χ4n) is 10.6. The first-order valence-corrected chi connectivity index (χ1v) is 29.6. The molecular formula is C65H58BF24IrNOP-. The number of nitrogens with zero attached hydrogens (tertiary/aromatic N) is 1. The van der Waals surface area contributed by atoms with E-state index in [-0.39, 0.29) is 37.0 Å². The van der Waals surface area contributed by atoms with Gasteiger partial charge in [-0.3, -0.25) is 0 Å². The van der Waals surface area contributed by atoms with Gasteiger partial charge in [0.1, 0.15) is 12.8 Å². The minimum absolute atomic E-state index is 0. The summed E-state index contributed by atoms with van der Waals surface area (Å²) in [6.07, 6.45) is -39.8. The maximum atomic E-state index is 14.2. The van der Waals surface area contributed by atoms with Crippen LogP contribution >= 0.6 is 7.92 Å². The molecule has 1 aliphatic heterocycles. The van der Waals surface area contributed by atoms with Crippen LogP contribution in [0.3, 0.4) is 0 Å². The summed E-state index contributed by atoms with van der Waals surface area (Å²) in [6, 6.07) is 9.10. The van der Waals surface area contributed by atoms with Gasteiger partial charge in [-0.15, -0.1) is 0 Å². The average molecular weight is 1560 g/mol. The van der Waals surface area contributed by atoms with E-state index >= 15 is 0 Å². The van der Waals surface area contributed by atoms with Gasteiger partial charge >= 0.3 is 49.4 Å². The van der Waals surface area contributed by atoms with Gasteiger partial charge in [0.15, 0.2) is 5.90 Å². The molecule has 1 atom stereocenters. The molecule has 0 spiro atoms. The van der Waals surface area contributed by atoms with Crippen LogP contribution in [0.4, 0.5) is 105 Å². The van der Waals surface area contributed by atoms with Crippen LogP contribution < -0.4 is 32.5 Å². The maximum absolute atomic E-state index is 14.2. The number of alkyl halides is 24. The van der Waals surface area contributed by atoms with Crippen molar-refractivity contribution in [3.8, 4) is 0 Å². The van der Waals surface area contributed by atoms with Crippen molar-refractivity contribution in [3.05, 3.63) is 203 Å². The van der Waals surface area contributed by atoms with Crippen molar-refractivity contribution in [3.63, 3.8) is 0 Å². The van der Waals surface area contributed by atoms with Crippen LogP contribution in [0.2, 0.25) is 0 Å². The molecule has 0 N–H and O–H groups in total. The van der Waals surface area contributed by atoms with Crippen LogP contribution in [0.5, 0.6) is 0 Å². The predicted octanol–water partition coefficient (Wildman–Crippen LogP) is 19.2. The minimum Gasteiger partial charge on any atom is -0.478 e. The minimum atomic E-state index is -6.13. The topological polar surface area (TPSA) is 21.6 Å². The summed E-state index contributed by atoms with van der Waals surface area (Å²) >= 11 is 0. The van der Waals surface area contributed by atoms with Crippen molar-refractivity contribution in [2.45, 2.75) is 130 Å². The third-order valence-corrected chi connectivity index (χ3v) is 18.6. The standard InChI is InChI=1S/C32H12BF24.C25H34NOP.C8H12.Ir/c34-25(35,36)13-1-14(26(37,38)39)6-21(5-13)33(22-7-15(27(40,41)42)2-16(8-22)28(43,44)45,23-9-17(29(46,47)48)3-18(10-23)30(49,50)51)24-11-19(31(52,53)54)4-20(12-24)32(55,56)57;1-18-12-8-10-14-20(18)28(21-15-11-9-13-19(21)2)17-25(6,7)23-26-22(16-27-23)24(3,4)5;1-2-4-6-8-7-5-3-1;/h1-12H;8-15,22H,16-17H2,1-7H3;1-2,7-8H,3-6H2;/q-1;;;/t;22-;;/m.1../s1. The third-order valence-electron chi connectivity index (χ3n) is 15.4. The van der Waals surface area contributed by atoms with Crippen LogP contribution in [0.15, 0.2) is 126 Å². The first-order chi connectivity index (χ1) is 42.4. The van der Waals surface area contributed by atoms with E-state index < -0.39 is 203 Å². The van der Waals surface area contributed by atoms with Crippen LogP contribution in [0.1, 0.15) is 116 Å². The second-order valence-corrected chi connectivity index (χ2v) is 26.1. The van der Waals surface area contributed by atoms with Gasteiger partial charge in [-0.2, -0.15) is 127 Å². The smallest absolute Gasteiger partial charge is 0.416 e. The Hall–Kier alpha value is -5.75. The van der Waals surface area contributed by atoms with E-state index in [1.807, 2.05) is 0 Å². The molecule has 0 aromatic heterocycles. The number of hydrogen-bond donors (Lipinski definition) is 0. The summed E-state index contributed by atoms with van der Waals surface area (Å²) in [5, 5.41) is 2.93. The normalized spacial score (nSPS) is 16.0. The molecule has 2 aliphatic rings. The molecule has 0 bridgehead atoms. The number of ether oxygens (including phenoxy) is 1.